The monoisotopic (exact) mass is 326 g/mol. The lowest BCUT2D eigenvalue weighted by Gasteiger charge is -2.18. The van der Waals surface area contributed by atoms with Crippen molar-refractivity contribution in [2.75, 3.05) is 5.32 Å². The Hall–Kier alpha value is -3.06. The minimum Gasteiger partial charge on any atom is -0.504 e. The molecule has 0 aliphatic heterocycles. The molecule has 3 aromatic rings. The largest absolute Gasteiger partial charge is 0.504 e. The maximum atomic E-state index is 12.1. The number of carbonyl (C=O) groups is 1. The van der Waals surface area contributed by atoms with E-state index in [0.29, 0.717) is 23.6 Å². The highest BCUT2D eigenvalue weighted by Gasteiger charge is 2.22. The molecule has 1 aromatic carbocycles. The quantitative estimate of drug-likeness (QED) is 0.424. The molecular formula is C17H18N4O3. The molecule has 4 N–H and O–H groups in total. The number of rotatable bonds is 5. The van der Waals surface area contributed by atoms with Gasteiger partial charge in [0.2, 0.25) is 0 Å². The molecule has 24 heavy (non-hydrogen) atoms. The molecule has 124 valence electrons. The molecule has 0 saturated heterocycles. The van der Waals surface area contributed by atoms with E-state index in [4.69, 9.17) is 5.21 Å². The summed E-state index contributed by atoms with van der Waals surface area (Å²) in [7, 11) is 0. The van der Waals surface area contributed by atoms with Crippen molar-refractivity contribution in [3.05, 3.63) is 59.9 Å². The molecule has 1 amide bonds. The smallest absolute Gasteiger partial charge is 0.266 e. The SMILES string of the molecule is Cc1nc2c(O)cccn2c1NC(Cc1ccccc1)C(=O)NO. The molecule has 2 aromatic heterocycles. The van der Waals surface area contributed by atoms with Crippen LogP contribution in [0.2, 0.25) is 0 Å². The Morgan fingerprint density at radius 3 is 2.71 bits per heavy atom. The van der Waals surface area contributed by atoms with Gasteiger partial charge in [-0.15, -0.1) is 0 Å². The van der Waals surface area contributed by atoms with Crippen LogP contribution in [0.3, 0.4) is 0 Å². The van der Waals surface area contributed by atoms with Gasteiger partial charge in [-0.05, 0) is 24.6 Å². The molecule has 0 spiro atoms. The lowest BCUT2D eigenvalue weighted by atomic mass is 10.1. The van der Waals surface area contributed by atoms with Crippen molar-refractivity contribution in [1.29, 1.82) is 0 Å². The summed E-state index contributed by atoms with van der Waals surface area (Å²) < 4.78 is 1.67. The average Bonchev–Trinajstić information content (AvgIpc) is 2.92. The second kappa shape index (κ2) is 6.59. The Kier molecular flexibility index (Phi) is 4.35. The molecule has 0 bridgehead atoms. The van der Waals surface area contributed by atoms with E-state index in [-0.39, 0.29) is 5.75 Å². The van der Waals surface area contributed by atoms with Gasteiger partial charge in [0, 0.05) is 12.6 Å². The molecule has 0 radical (unpaired) electrons. The van der Waals surface area contributed by atoms with E-state index in [2.05, 4.69) is 10.3 Å². The van der Waals surface area contributed by atoms with Crippen LogP contribution in [0.15, 0.2) is 48.7 Å². The van der Waals surface area contributed by atoms with Gasteiger partial charge < -0.3 is 10.4 Å². The average molecular weight is 326 g/mol. The van der Waals surface area contributed by atoms with Gasteiger partial charge in [0.15, 0.2) is 11.4 Å². The summed E-state index contributed by atoms with van der Waals surface area (Å²) >= 11 is 0. The number of pyridine rings is 1. The summed E-state index contributed by atoms with van der Waals surface area (Å²) in [6.07, 6.45) is 2.13. The van der Waals surface area contributed by atoms with Crippen LogP contribution in [0.5, 0.6) is 5.75 Å². The fraction of sp³-hybridized carbons (Fsp3) is 0.176. The minimum atomic E-state index is -0.696. The third kappa shape index (κ3) is 3.02. The number of benzene rings is 1. The van der Waals surface area contributed by atoms with Crippen LogP contribution in [-0.2, 0) is 11.2 Å². The zero-order valence-corrected chi connectivity index (χ0v) is 13.1. The fourth-order valence-corrected chi connectivity index (χ4v) is 2.64. The third-order valence-corrected chi connectivity index (χ3v) is 3.82. The molecule has 0 aliphatic carbocycles. The van der Waals surface area contributed by atoms with Gasteiger partial charge >= 0.3 is 0 Å². The number of hydroxylamine groups is 1. The first kappa shape index (κ1) is 15.8. The maximum Gasteiger partial charge on any atom is 0.266 e. The Balaban J connectivity index is 1.94. The van der Waals surface area contributed by atoms with Crippen molar-refractivity contribution < 1.29 is 15.1 Å². The summed E-state index contributed by atoms with van der Waals surface area (Å²) in [6.45, 7) is 1.78. The number of anilines is 1. The Labute approximate surface area is 138 Å². The van der Waals surface area contributed by atoms with Crippen molar-refractivity contribution >= 4 is 17.4 Å². The molecule has 0 aliphatic rings. The fourth-order valence-electron chi connectivity index (χ4n) is 2.64. The number of nitrogens with zero attached hydrogens (tertiary/aromatic N) is 2. The molecule has 2 heterocycles. The van der Waals surface area contributed by atoms with E-state index in [1.165, 1.54) is 0 Å². The van der Waals surface area contributed by atoms with Gasteiger partial charge in [0.25, 0.3) is 5.91 Å². The maximum absolute atomic E-state index is 12.1. The van der Waals surface area contributed by atoms with Crippen molar-refractivity contribution in [3.63, 3.8) is 0 Å². The highest BCUT2D eigenvalue weighted by molar-refractivity contribution is 5.84. The first-order chi connectivity index (χ1) is 11.6. The molecule has 1 atom stereocenters. The topological polar surface area (TPSA) is 98.9 Å². The van der Waals surface area contributed by atoms with E-state index in [1.807, 2.05) is 30.3 Å². The number of hydrogen-bond acceptors (Lipinski definition) is 5. The number of carbonyl (C=O) groups excluding carboxylic acids is 1. The minimum absolute atomic E-state index is 0.0554. The van der Waals surface area contributed by atoms with Crippen LogP contribution in [0.25, 0.3) is 5.65 Å². The van der Waals surface area contributed by atoms with Crippen LogP contribution in [0, 0.1) is 6.92 Å². The predicted octanol–water partition coefficient (Wildman–Crippen LogP) is 1.88. The van der Waals surface area contributed by atoms with E-state index in [9.17, 15) is 9.90 Å². The van der Waals surface area contributed by atoms with Crippen molar-refractivity contribution in [3.8, 4) is 5.75 Å². The van der Waals surface area contributed by atoms with Crippen LogP contribution in [0.1, 0.15) is 11.3 Å². The first-order valence-corrected chi connectivity index (χ1v) is 7.51. The molecule has 0 saturated carbocycles. The number of amides is 1. The summed E-state index contributed by atoms with van der Waals surface area (Å²) in [5.41, 5.74) is 3.69. The van der Waals surface area contributed by atoms with E-state index in [1.54, 1.807) is 35.1 Å². The lowest BCUT2D eigenvalue weighted by molar-refractivity contribution is -0.129. The molecule has 7 nitrogen and oxygen atoms in total. The zero-order chi connectivity index (χ0) is 17.1. The highest BCUT2D eigenvalue weighted by Crippen LogP contribution is 2.24. The first-order valence-electron chi connectivity index (χ1n) is 7.51. The number of aromatic hydroxyl groups is 1. The van der Waals surface area contributed by atoms with Gasteiger partial charge in [-0.2, -0.15) is 0 Å². The standard InChI is InChI=1S/C17H18N4O3/c1-11-15(21-9-5-8-14(22)16(21)18-11)19-13(17(23)20-24)10-12-6-3-2-4-7-12/h2-9,13,19,22,24H,10H2,1H3,(H,20,23). The second-order valence-corrected chi connectivity index (χ2v) is 5.50. The Bertz CT molecular complexity index is 861. The predicted molar refractivity (Wildman–Crippen MR) is 89.1 cm³/mol. The van der Waals surface area contributed by atoms with Gasteiger partial charge in [0.05, 0.1) is 5.69 Å². The van der Waals surface area contributed by atoms with Crippen molar-refractivity contribution in [2.24, 2.45) is 0 Å². The van der Waals surface area contributed by atoms with Crippen LogP contribution in [0.4, 0.5) is 5.82 Å². The van der Waals surface area contributed by atoms with Crippen molar-refractivity contribution in [1.82, 2.24) is 14.9 Å². The number of aromatic nitrogens is 2. The molecule has 3 rings (SSSR count). The highest BCUT2D eigenvalue weighted by atomic mass is 16.5. The Morgan fingerprint density at radius 1 is 1.25 bits per heavy atom. The number of hydrogen-bond donors (Lipinski definition) is 4. The van der Waals surface area contributed by atoms with Gasteiger partial charge in [-0.25, -0.2) is 10.5 Å². The number of imidazole rings is 1. The lowest BCUT2D eigenvalue weighted by Crippen LogP contribution is -2.40. The third-order valence-electron chi connectivity index (χ3n) is 3.82. The number of aryl methyl sites for hydroxylation is 1. The van der Waals surface area contributed by atoms with Gasteiger partial charge in [-0.1, -0.05) is 30.3 Å². The normalized spacial score (nSPS) is 12.1. The van der Waals surface area contributed by atoms with E-state index >= 15 is 0 Å². The second-order valence-electron chi connectivity index (χ2n) is 5.50. The van der Waals surface area contributed by atoms with Crippen LogP contribution in [-0.4, -0.2) is 31.6 Å². The van der Waals surface area contributed by atoms with E-state index in [0.717, 1.165) is 5.56 Å². The van der Waals surface area contributed by atoms with Crippen LogP contribution < -0.4 is 10.8 Å². The molecule has 0 fully saturated rings. The van der Waals surface area contributed by atoms with Gasteiger partial charge in [-0.3, -0.25) is 14.4 Å². The molecular weight excluding hydrogens is 308 g/mol. The molecule has 7 heteroatoms. The van der Waals surface area contributed by atoms with Gasteiger partial charge in [0.1, 0.15) is 11.9 Å². The summed E-state index contributed by atoms with van der Waals surface area (Å²) in [4.78, 5) is 16.4. The summed E-state index contributed by atoms with van der Waals surface area (Å²) in [6, 6.07) is 12.0. The number of fused-ring (bicyclic) bond motifs is 1. The zero-order valence-electron chi connectivity index (χ0n) is 13.1. The number of nitrogens with one attached hydrogen (secondary N) is 2. The van der Waals surface area contributed by atoms with Crippen molar-refractivity contribution in [2.45, 2.75) is 19.4 Å². The Morgan fingerprint density at radius 2 is 2.00 bits per heavy atom. The van der Waals surface area contributed by atoms with E-state index < -0.39 is 11.9 Å². The summed E-state index contributed by atoms with van der Waals surface area (Å²) in [5, 5.41) is 22.1. The summed E-state index contributed by atoms with van der Waals surface area (Å²) in [5.74, 6) is 0.0960. The van der Waals surface area contributed by atoms with Crippen LogP contribution >= 0.6 is 0 Å². The molecule has 1 unspecified atom stereocenters.